The molecule has 6 heteroatoms. The monoisotopic (exact) mass is 363 g/mol. The van der Waals surface area contributed by atoms with Gasteiger partial charge in [-0.05, 0) is 50.6 Å². The molecule has 1 aromatic heterocycles. The van der Waals surface area contributed by atoms with Gasteiger partial charge in [0.1, 0.15) is 13.7 Å². The summed E-state index contributed by atoms with van der Waals surface area (Å²) in [6.07, 6.45) is 3.56. The number of fused-ring (bicyclic) bond motifs is 1. The highest BCUT2D eigenvalue weighted by atomic mass is 19.1. The number of aromatic nitrogens is 2. The van der Waals surface area contributed by atoms with Gasteiger partial charge in [-0.2, -0.15) is 5.10 Å². The van der Waals surface area contributed by atoms with Gasteiger partial charge in [0.05, 0.1) is 24.4 Å². The molecule has 1 unspecified atom stereocenters. The summed E-state index contributed by atoms with van der Waals surface area (Å²) in [5.74, 6) is -0.210. The Morgan fingerprint density at radius 1 is 1.22 bits per heavy atom. The molecule has 138 valence electrons. The second kappa shape index (κ2) is 7.45. The van der Waals surface area contributed by atoms with Crippen molar-refractivity contribution < 1.29 is 9.13 Å². The van der Waals surface area contributed by atoms with Crippen molar-refractivity contribution in [2.75, 3.05) is 19.7 Å². The second-order valence-electron chi connectivity index (χ2n) is 7.43. The summed E-state index contributed by atoms with van der Waals surface area (Å²) in [6, 6.07) is 10.7. The number of rotatable bonds is 5. The molecule has 0 amide bonds. The van der Waals surface area contributed by atoms with Gasteiger partial charge in [-0.25, -0.2) is 4.39 Å². The number of hydrogen-bond donors (Lipinski definition) is 2. The van der Waals surface area contributed by atoms with Crippen molar-refractivity contribution >= 4 is 24.2 Å². The molecule has 1 atom stereocenters. The van der Waals surface area contributed by atoms with E-state index < -0.39 is 0 Å². The standard InChI is InChI=1S/C21H23BFN3O/c1-14(19-11-17(22)10-15-12-25-26-20(15)19)27-13-21(6-8-24-9-7-21)16-2-4-18(23)5-3-16/h2-5,10-12,14,24H,6-9,13H2,1H3,(H,25,26). The van der Waals surface area contributed by atoms with E-state index in [9.17, 15) is 4.39 Å². The summed E-state index contributed by atoms with van der Waals surface area (Å²) in [5.41, 5.74) is 3.69. The molecule has 2 radical (unpaired) electrons. The lowest BCUT2D eigenvalue weighted by molar-refractivity contribution is 0.0173. The Bertz CT molecular complexity index is 919. The van der Waals surface area contributed by atoms with Crippen LogP contribution in [0.2, 0.25) is 0 Å². The first-order valence-electron chi connectivity index (χ1n) is 9.38. The van der Waals surface area contributed by atoms with E-state index in [-0.39, 0.29) is 17.3 Å². The fourth-order valence-corrected chi connectivity index (χ4v) is 4.03. The van der Waals surface area contributed by atoms with E-state index in [2.05, 4.69) is 15.5 Å². The van der Waals surface area contributed by atoms with E-state index in [1.165, 1.54) is 12.1 Å². The molecule has 0 saturated carbocycles. The molecule has 0 aliphatic carbocycles. The van der Waals surface area contributed by atoms with Crippen LogP contribution >= 0.6 is 0 Å². The van der Waals surface area contributed by atoms with Crippen molar-refractivity contribution in [1.29, 1.82) is 0 Å². The summed E-state index contributed by atoms with van der Waals surface area (Å²) >= 11 is 0. The molecule has 1 fully saturated rings. The lowest BCUT2D eigenvalue weighted by Gasteiger charge is -2.38. The zero-order valence-electron chi connectivity index (χ0n) is 15.5. The van der Waals surface area contributed by atoms with Gasteiger partial charge >= 0.3 is 0 Å². The summed E-state index contributed by atoms with van der Waals surface area (Å²) in [7, 11) is 6.05. The first kappa shape index (κ1) is 18.2. The Balaban J connectivity index is 1.58. The maximum absolute atomic E-state index is 13.4. The van der Waals surface area contributed by atoms with Crippen molar-refractivity contribution in [3.63, 3.8) is 0 Å². The lowest BCUT2D eigenvalue weighted by atomic mass is 9.74. The quantitative estimate of drug-likeness (QED) is 0.686. The fourth-order valence-electron chi connectivity index (χ4n) is 4.03. The molecule has 1 aliphatic heterocycles. The Hall–Kier alpha value is -2.18. The Morgan fingerprint density at radius 3 is 2.70 bits per heavy atom. The summed E-state index contributed by atoms with van der Waals surface area (Å²) < 4.78 is 19.8. The van der Waals surface area contributed by atoms with Crippen LogP contribution in [-0.4, -0.2) is 37.7 Å². The number of hydrogen-bond acceptors (Lipinski definition) is 3. The number of nitrogens with one attached hydrogen (secondary N) is 2. The molecule has 27 heavy (non-hydrogen) atoms. The molecule has 0 bridgehead atoms. The Morgan fingerprint density at radius 2 is 1.96 bits per heavy atom. The number of halogens is 1. The molecule has 3 aromatic rings. The largest absolute Gasteiger partial charge is 0.373 e. The van der Waals surface area contributed by atoms with Gasteiger partial charge in [-0.1, -0.05) is 29.7 Å². The van der Waals surface area contributed by atoms with Gasteiger partial charge in [0, 0.05) is 16.4 Å². The highest BCUT2D eigenvalue weighted by Crippen LogP contribution is 2.36. The molecule has 4 nitrogen and oxygen atoms in total. The highest BCUT2D eigenvalue weighted by molar-refractivity contribution is 6.33. The van der Waals surface area contributed by atoms with E-state index in [1.807, 2.05) is 31.2 Å². The van der Waals surface area contributed by atoms with Crippen LogP contribution in [0.3, 0.4) is 0 Å². The van der Waals surface area contributed by atoms with Crippen LogP contribution in [0.15, 0.2) is 42.6 Å². The molecular formula is C21H23BFN3O. The number of aromatic amines is 1. The molecule has 1 aliphatic rings. The van der Waals surface area contributed by atoms with Crippen molar-refractivity contribution in [2.24, 2.45) is 0 Å². The molecule has 0 spiro atoms. The van der Waals surface area contributed by atoms with Gasteiger partial charge in [-0.15, -0.1) is 0 Å². The number of nitrogens with zero attached hydrogens (tertiary/aromatic N) is 1. The Kier molecular flexibility index (Phi) is 5.02. The normalized spacial score (nSPS) is 17.9. The van der Waals surface area contributed by atoms with Gasteiger partial charge in [-0.3, -0.25) is 5.10 Å². The smallest absolute Gasteiger partial charge is 0.123 e. The third-order valence-corrected chi connectivity index (χ3v) is 5.67. The SMILES string of the molecule is [B]c1cc(C(C)OCC2(c3ccc(F)cc3)CCNCC2)c2[nH]ncc2c1. The van der Waals surface area contributed by atoms with E-state index in [1.54, 1.807) is 6.20 Å². The number of ether oxygens (including phenoxy) is 1. The minimum Gasteiger partial charge on any atom is -0.373 e. The average molecular weight is 363 g/mol. The summed E-state index contributed by atoms with van der Waals surface area (Å²) in [4.78, 5) is 0. The minimum absolute atomic E-state index is 0.110. The van der Waals surface area contributed by atoms with Gasteiger partial charge in [0.2, 0.25) is 0 Å². The summed E-state index contributed by atoms with van der Waals surface area (Å²) in [5, 5.41) is 11.6. The van der Waals surface area contributed by atoms with Crippen molar-refractivity contribution in [1.82, 2.24) is 15.5 Å². The van der Waals surface area contributed by atoms with Crippen LogP contribution in [0.25, 0.3) is 10.9 Å². The Labute approximate surface area is 159 Å². The predicted molar refractivity (Wildman–Crippen MR) is 106 cm³/mol. The van der Waals surface area contributed by atoms with Crippen molar-refractivity contribution in [2.45, 2.75) is 31.3 Å². The van der Waals surface area contributed by atoms with Crippen molar-refractivity contribution in [3.8, 4) is 0 Å². The highest BCUT2D eigenvalue weighted by Gasteiger charge is 2.35. The lowest BCUT2D eigenvalue weighted by Crippen LogP contribution is -2.43. The topological polar surface area (TPSA) is 49.9 Å². The third kappa shape index (κ3) is 3.64. The van der Waals surface area contributed by atoms with E-state index >= 15 is 0 Å². The van der Waals surface area contributed by atoms with Crippen LogP contribution in [-0.2, 0) is 10.2 Å². The average Bonchev–Trinajstić information content (AvgIpc) is 3.15. The van der Waals surface area contributed by atoms with E-state index in [0.29, 0.717) is 12.1 Å². The maximum Gasteiger partial charge on any atom is 0.123 e. The molecule has 4 rings (SSSR count). The number of H-pyrrole nitrogens is 1. The zero-order valence-corrected chi connectivity index (χ0v) is 15.5. The van der Waals surface area contributed by atoms with Crippen LogP contribution in [0.5, 0.6) is 0 Å². The zero-order chi connectivity index (χ0) is 18.9. The van der Waals surface area contributed by atoms with Gasteiger partial charge in [0.15, 0.2) is 0 Å². The van der Waals surface area contributed by atoms with Crippen molar-refractivity contribution in [3.05, 3.63) is 59.5 Å². The van der Waals surface area contributed by atoms with E-state index in [4.69, 9.17) is 12.6 Å². The van der Waals surface area contributed by atoms with Crippen LogP contribution in [0.4, 0.5) is 4.39 Å². The molecule has 2 N–H and O–H groups in total. The van der Waals surface area contributed by atoms with Gasteiger partial charge in [0.25, 0.3) is 0 Å². The summed E-state index contributed by atoms with van der Waals surface area (Å²) in [6.45, 7) is 4.47. The van der Waals surface area contributed by atoms with Crippen LogP contribution in [0, 0.1) is 5.82 Å². The molecular weight excluding hydrogens is 340 g/mol. The fraction of sp³-hybridized carbons (Fsp3) is 0.381. The molecule has 2 aromatic carbocycles. The second-order valence-corrected chi connectivity index (χ2v) is 7.43. The first-order valence-corrected chi connectivity index (χ1v) is 9.38. The maximum atomic E-state index is 13.4. The van der Waals surface area contributed by atoms with Crippen LogP contribution < -0.4 is 10.8 Å². The number of piperidine rings is 1. The minimum atomic E-state index is -0.210. The van der Waals surface area contributed by atoms with Crippen LogP contribution in [0.1, 0.15) is 37.0 Å². The van der Waals surface area contributed by atoms with E-state index in [0.717, 1.165) is 48.0 Å². The number of benzene rings is 2. The first-order chi connectivity index (χ1) is 13.1. The van der Waals surface area contributed by atoms with Gasteiger partial charge < -0.3 is 10.1 Å². The third-order valence-electron chi connectivity index (χ3n) is 5.67. The predicted octanol–water partition coefficient (Wildman–Crippen LogP) is 2.89. The molecule has 1 saturated heterocycles. The molecule has 2 heterocycles.